The van der Waals surface area contributed by atoms with Gasteiger partial charge >= 0.3 is 0 Å². The van der Waals surface area contributed by atoms with Crippen LogP contribution in [0.1, 0.15) is 28.9 Å². The predicted octanol–water partition coefficient (Wildman–Crippen LogP) is 0.929. The Hall–Kier alpha value is -1.38. The van der Waals surface area contributed by atoms with Gasteiger partial charge in [0, 0.05) is 18.7 Å². The fourth-order valence-electron chi connectivity index (χ4n) is 1.44. The summed E-state index contributed by atoms with van der Waals surface area (Å²) in [5.74, 6) is 0.329. The second kappa shape index (κ2) is 2.59. The molecular weight excluding hydrogens is 152 g/mol. The number of carbonyl (C=O) groups is 1. The number of nitrogens with zero attached hydrogens (tertiary/aromatic N) is 1. The molecule has 3 nitrogen and oxygen atoms in total. The maximum absolute atomic E-state index is 11.3. The smallest absolute Gasteiger partial charge is 0.270 e. The second-order valence-electron chi connectivity index (χ2n) is 3.05. The highest BCUT2D eigenvalue weighted by molar-refractivity contribution is 5.95. The summed E-state index contributed by atoms with van der Waals surface area (Å²) < 4.78 is 0. The number of hydrogen-bond acceptors (Lipinski definition) is 2. The van der Waals surface area contributed by atoms with Crippen LogP contribution in [0, 0.1) is 0 Å². The molecule has 1 N–H and O–H groups in total. The first-order valence-corrected chi connectivity index (χ1v) is 4.02. The Labute approximate surface area is 70.8 Å². The minimum atomic E-state index is -0.0521. The average Bonchev–Trinajstić information content (AvgIpc) is 2.12. The second-order valence-corrected chi connectivity index (χ2v) is 3.05. The molecule has 0 fully saturated rings. The zero-order chi connectivity index (χ0) is 8.55. The highest BCUT2D eigenvalue weighted by atomic mass is 16.1. The summed E-state index contributed by atoms with van der Waals surface area (Å²) in [5, 5.41) is 2.79. The van der Waals surface area contributed by atoms with Crippen LogP contribution in [0.15, 0.2) is 18.3 Å². The molecule has 1 aromatic heterocycles. The summed E-state index contributed by atoms with van der Waals surface area (Å²) in [4.78, 5) is 15.3. The van der Waals surface area contributed by atoms with Gasteiger partial charge in [0.05, 0.1) is 0 Å². The van der Waals surface area contributed by atoms with E-state index in [0.29, 0.717) is 11.6 Å². The van der Waals surface area contributed by atoms with Crippen molar-refractivity contribution in [2.75, 3.05) is 6.54 Å². The predicted molar refractivity (Wildman–Crippen MR) is 45.0 cm³/mol. The molecule has 1 unspecified atom stereocenters. The van der Waals surface area contributed by atoms with E-state index in [1.54, 1.807) is 6.20 Å². The number of hydrogen-bond donors (Lipinski definition) is 1. The molecule has 0 saturated heterocycles. The van der Waals surface area contributed by atoms with Crippen molar-refractivity contribution in [1.82, 2.24) is 10.3 Å². The number of aromatic nitrogens is 1. The number of pyridine rings is 1. The molecule has 0 saturated carbocycles. The lowest BCUT2D eigenvalue weighted by Gasteiger charge is -2.20. The molecule has 1 atom stereocenters. The molecule has 3 heteroatoms. The number of nitrogens with one attached hydrogen (secondary N) is 1. The molecule has 0 bridgehead atoms. The summed E-state index contributed by atoms with van der Waals surface area (Å²) in [5.41, 5.74) is 1.64. The molecule has 12 heavy (non-hydrogen) atoms. The van der Waals surface area contributed by atoms with E-state index in [1.807, 2.05) is 12.1 Å². The first-order chi connectivity index (χ1) is 5.79. The van der Waals surface area contributed by atoms with Crippen LogP contribution < -0.4 is 5.32 Å². The molecule has 1 aromatic rings. The van der Waals surface area contributed by atoms with Crippen LogP contribution in [-0.4, -0.2) is 17.4 Å². The van der Waals surface area contributed by atoms with E-state index >= 15 is 0 Å². The molecule has 0 aliphatic carbocycles. The van der Waals surface area contributed by atoms with Crippen molar-refractivity contribution in [2.45, 2.75) is 12.8 Å². The largest absolute Gasteiger partial charge is 0.350 e. The van der Waals surface area contributed by atoms with Gasteiger partial charge in [-0.05, 0) is 11.6 Å². The normalized spacial score (nSPS) is 21.4. The Kier molecular flexibility index (Phi) is 1.57. The van der Waals surface area contributed by atoms with Crippen LogP contribution in [0.3, 0.4) is 0 Å². The van der Waals surface area contributed by atoms with Crippen molar-refractivity contribution in [3.8, 4) is 0 Å². The van der Waals surface area contributed by atoms with Crippen LogP contribution in [-0.2, 0) is 0 Å². The lowest BCUT2D eigenvalue weighted by molar-refractivity contribution is 0.0935. The fourth-order valence-corrected chi connectivity index (χ4v) is 1.44. The third kappa shape index (κ3) is 0.978. The van der Waals surface area contributed by atoms with E-state index in [4.69, 9.17) is 0 Å². The summed E-state index contributed by atoms with van der Waals surface area (Å²) >= 11 is 0. The van der Waals surface area contributed by atoms with E-state index in [9.17, 15) is 4.79 Å². The van der Waals surface area contributed by atoms with Crippen LogP contribution in [0.25, 0.3) is 0 Å². The molecule has 0 aromatic carbocycles. The van der Waals surface area contributed by atoms with E-state index in [1.165, 1.54) is 0 Å². The molecule has 0 radical (unpaired) electrons. The Morgan fingerprint density at radius 2 is 2.50 bits per heavy atom. The summed E-state index contributed by atoms with van der Waals surface area (Å²) in [7, 11) is 0. The van der Waals surface area contributed by atoms with Crippen LogP contribution in [0.5, 0.6) is 0 Å². The van der Waals surface area contributed by atoms with E-state index in [2.05, 4.69) is 17.2 Å². The van der Waals surface area contributed by atoms with Crippen molar-refractivity contribution in [3.05, 3.63) is 29.6 Å². The molecule has 1 aliphatic heterocycles. The van der Waals surface area contributed by atoms with Gasteiger partial charge in [-0.3, -0.25) is 9.78 Å². The standard InChI is InChI=1S/C9H10N2O/c1-6-5-11-9(12)8-7(6)3-2-4-10-8/h2-4,6H,5H2,1H3,(H,11,12). The van der Waals surface area contributed by atoms with Gasteiger partial charge < -0.3 is 5.32 Å². The van der Waals surface area contributed by atoms with Crippen LogP contribution >= 0.6 is 0 Å². The molecule has 2 rings (SSSR count). The number of rotatable bonds is 0. The Balaban J connectivity index is 2.55. The van der Waals surface area contributed by atoms with Gasteiger partial charge in [0.1, 0.15) is 5.69 Å². The van der Waals surface area contributed by atoms with Gasteiger partial charge in [-0.2, -0.15) is 0 Å². The van der Waals surface area contributed by atoms with Crippen molar-refractivity contribution < 1.29 is 4.79 Å². The zero-order valence-electron chi connectivity index (χ0n) is 6.87. The highest BCUT2D eigenvalue weighted by Gasteiger charge is 2.22. The third-order valence-electron chi connectivity index (χ3n) is 2.15. The van der Waals surface area contributed by atoms with Gasteiger partial charge in [0.25, 0.3) is 5.91 Å². The summed E-state index contributed by atoms with van der Waals surface area (Å²) in [6.45, 7) is 2.80. The van der Waals surface area contributed by atoms with E-state index < -0.39 is 0 Å². The third-order valence-corrected chi connectivity index (χ3v) is 2.15. The molecular formula is C9H10N2O. The van der Waals surface area contributed by atoms with Gasteiger partial charge in [-0.25, -0.2) is 0 Å². The number of fused-ring (bicyclic) bond motifs is 1. The van der Waals surface area contributed by atoms with Crippen molar-refractivity contribution in [3.63, 3.8) is 0 Å². The average molecular weight is 162 g/mol. The molecule has 1 amide bonds. The lowest BCUT2D eigenvalue weighted by Crippen LogP contribution is -2.34. The van der Waals surface area contributed by atoms with Gasteiger partial charge in [-0.1, -0.05) is 13.0 Å². The first-order valence-electron chi connectivity index (χ1n) is 4.02. The van der Waals surface area contributed by atoms with Crippen molar-refractivity contribution in [1.29, 1.82) is 0 Å². The minimum Gasteiger partial charge on any atom is -0.350 e. The highest BCUT2D eigenvalue weighted by Crippen LogP contribution is 2.20. The van der Waals surface area contributed by atoms with Gasteiger partial charge in [-0.15, -0.1) is 0 Å². The Morgan fingerprint density at radius 3 is 3.25 bits per heavy atom. The quantitative estimate of drug-likeness (QED) is 0.616. The van der Waals surface area contributed by atoms with E-state index in [0.717, 1.165) is 12.1 Å². The molecule has 0 spiro atoms. The molecule has 62 valence electrons. The van der Waals surface area contributed by atoms with E-state index in [-0.39, 0.29) is 5.91 Å². The molecule has 2 heterocycles. The monoisotopic (exact) mass is 162 g/mol. The summed E-state index contributed by atoms with van der Waals surface area (Å²) in [6.07, 6.45) is 1.65. The van der Waals surface area contributed by atoms with Crippen LogP contribution in [0.4, 0.5) is 0 Å². The van der Waals surface area contributed by atoms with Gasteiger partial charge in [0.15, 0.2) is 0 Å². The maximum Gasteiger partial charge on any atom is 0.270 e. The Morgan fingerprint density at radius 1 is 1.67 bits per heavy atom. The Bertz CT molecular complexity index is 322. The lowest BCUT2D eigenvalue weighted by atomic mass is 9.96. The number of carbonyl (C=O) groups excluding carboxylic acids is 1. The van der Waals surface area contributed by atoms with Gasteiger partial charge in [0.2, 0.25) is 0 Å². The minimum absolute atomic E-state index is 0.0521. The zero-order valence-corrected chi connectivity index (χ0v) is 6.87. The van der Waals surface area contributed by atoms with Crippen molar-refractivity contribution in [2.24, 2.45) is 0 Å². The fraction of sp³-hybridized carbons (Fsp3) is 0.333. The van der Waals surface area contributed by atoms with Crippen molar-refractivity contribution >= 4 is 5.91 Å². The SMILES string of the molecule is CC1CNC(=O)c2ncccc21. The maximum atomic E-state index is 11.3. The topological polar surface area (TPSA) is 42.0 Å². The summed E-state index contributed by atoms with van der Waals surface area (Å²) in [6, 6.07) is 3.83. The molecule has 1 aliphatic rings. The number of amides is 1. The first kappa shape index (κ1) is 7.28. The van der Waals surface area contributed by atoms with Crippen LogP contribution in [0.2, 0.25) is 0 Å².